The molecule has 0 saturated carbocycles. The Bertz CT molecular complexity index is 1540. The van der Waals surface area contributed by atoms with Crippen LogP contribution in [0.2, 0.25) is 10.0 Å². The molecule has 0 aliphatic heterocycles. The molecule has 0 radical (unpaired) electrons. The summed E-state index contributed by atoms with van der Waals surface area (Å²) in [5, 5.41) is 4.24. The molecule has 208 valence electrons. The molecule has 0 bridgehead atoms. The van der Waals surface area contributed by atoms with Crippen LogP contribution in [0.3, 0.4) is 0 Å². The van der Waals surface area contributed by atoms with E-state index in [0.717, 1.165) is 27.9 Å². The second kappa shape index (κ2) is 14.0. The molecule has 0 saturated heterocycles. The predicted molar refractivity (Wildman–Crippen MR) is 163 cm³/mol. The van der Waals surface area contributed by atoms with Crippen LogP contribution < -0.4 is 19.7 Å². The van der Waals surface area contributed by atoms with Crippen molar-refractivity contribution in [1.82, 2.24) is 10.3 Å². The topological polar surface area (TPSA) is 80.8 Å². The average molecular weight is 601 g/mol. The van der Waals surface area contributed by atoms with Gasteiger partial charge in [0.05, 0.1) is 24.4 Å². The molecule has 2 amide bonds. The molecule has 3 aromatic carbocycles. The van der Waals surface area contributed by atoms with Crippen LogP contribution in [0.4, 0.5) is 5.69 Å². The number of nitrogens with zero attached hydrogens (tertiary/aromatic N) is 2. The first-order valence-corrected chi connectivity index (χ1v) is 12.8. The summed E-state index contributed by atoms with van der Waals surface area (Å²) in [6, 6.07) is 20.2. The van der Waals surface area contributed by atoms with Gasteiger partial charge in [0.15, 0.2) is 0 Å². The fourth-order valence-corrected chi connectivity index (χ4v) is 4.43. The molecule has 4 rings (SSSR count). The Balaban J connectivity index is 0.00000441. The molecule has 40 heavy (non-hydrogen) atoms. The van der Waals surface area contributed by atoms with Crippen molar-refractivity contribution >= 4 is 70.1 Å². The number of likely N-dealkylation sites (N-methyl/N-ethyl adjacent to an activating group) is 1. The number of amides is 2. The van der Waals surface area contributed by atoms with Gasteiger partial charge in [-0.25, -0.2) is 4.98 Å². The molecule has 0 spiro atoms. The Kier molecular flexibility index (Phi) is 10.8. The van der Waals surface area contributed by atoms with E-state index in [1.54, 1.807) is 44.5 Å². The van der Waals surface area contributed by atoms with Gasteiger partial charge in [-0.15, -0.1) is 12.4 Å². The molecule has 7 nitrogen and oxygen atoms in total. The van der Waals surface area contributed by atoms with E-state index < -0.39 is 5.91 Å². The van der Waals surface area contributed by atoms with Crippen LogP contribution in [-0.2, 0) is 16.2 Å². The molecule has 0 aliphatic rings. The van der Waals surface area contributed by atoms with Gasteiger partial charge in [0.1, 0.15) is 23.6 Å². The Labute approximate surface area is 249 Å². The van der Waals surface area contributed by atoms with Crippen molar-refractivity contribution < 1.29 is 19.1 Å². The van der Waals surface area contributed by atoms with Gasteiger partial charge in [-0.2, -0.15) is 0 Å². The zero-order valence-electron chi connectivity index (χ0n) is 22.1. The molecule has 0 fully saturated rings. The summed E-state index contributed by atoms with van der Waals surface area (Å²) in [7, 11) is 3.17. The van der Waals surface area contributed by atoms with E-state index in [4.69, 9.17) is 32.7 Å². The Morgan fingerprint density at radius 1 is 1.02 bits per heavy atom. The highest BCUT2D eigenvalue weighted by molar-refractivity contribution is 6.38. The number of carbonyl (C=O) groups excluding carboxylic acids is 2. The van der Waals surface area contributed by atoms with Gasteiger partial charge < -0.3 is 19.7 Å². The number of anilines is 1. The van der Waals surface area contributed by atoms with Gasteiger partial charge in [0.25, 0.3) is 0 Å². The number of hydrogen-bond acceptors (Lipinski definition) is 5. The van der Waals surface area contributed by atoms with Gasteiger partial charge in [0.2, 0.25) is 11.8 Å². The maximum Gasteiger partial charge on any atom is 0.246 e. The second-order valence-electron chi connectivity index (χ2n) is 8.71. The maximum atomic E-state index is 12.8. The summed E-state index contributed by atoms with van der Waals surface area (Å²) in [5.74, 6) is 0.568. The summed E-state index contributed by atoms with van der Waals surface area (Å²) in [5.41, 5.74) is 3.42. The van der Waals surface area contributed by atoms with E-state index in [0.29, 0.717) is 22.0 Å². The van der Waals surface area contributed by atoms with E-state index in [2.05, 4.69) is 10.3 Å². The van der Waals surface area contributed by atoms with Crippen LogP contribution in [0.25, 0.3) is 17.0 Å². The minimum atomic E-state index is -0.400. The van der Waals surface area contributed by atoms with Gasteiger partial charge in [-0.3, -0.25) is 9.59 Å². The first-order chi connectivity index (χ1) is 18.8. The molecule has 1 N–H and O–H groups in total. The number of rotatable bonds is 9. The van der Waals surface area contributed by atoms with E-state index in [1.807, 2.05) is 49.4 Å². The van der Waals surface area contributed by atoms with Crippen molar-refractivity contribution in [2.24, 2.45) is 0 Å². The molecule has 4 aromatic rings. The lowest BCUT2D eigenvalue weighted by Gasteiger charge is -2.21. The molecular formula is C30H28Cl3N3O4. The lowest BCUT2D eigenvalue weighted by Crippen LogP contribution is -2.37. The third-order valence-electron chi connectivity index (χ3n) is 6.05. The van der Waals surface area contributed by atoms with Crippen LogP contribution >= 0.6 is 35.6 Å². The number of hydrogen-bond donors (Lipinski definition) is 1. The van der Waals surface area contributed by atoms with E-state index in [-0.39, 0.29) is 36.5 Å². The third kappa shape index (κ3) is 7.45. The van der Waals surface area contributed by atoms with Gasteiger partial charge in [-0.05, 0) is 55.0 Å². The van der Waals surface area contributed by atoms with Crippen molar-refractivity contribution in [3.8, 4) is 11.5 Å². The second-order valence-corrected chi connectivity index (χ2v) is 9.49. The molecule has 0 aliphatic carbocycles. The summed E-state index contributed by atoms with van der Waals surface area (Å²) >= 11 is 13.1. The number of halogens is 3. The van der Waals surface area contributed by atoms with Crippen LogP contribution in [-0.4, -0.2) is 37.5 Å². The molecule has 0 unspecified atom stereocenters. The summed E-state index contributed by atoms with van der Waals surface area (Å²) in [6.45, 7) is 1.78. The lowest BCUT2D eigenvalue weighted by atomic mass is 10.1. The third-order valence-corrected chi connectivity index (χ3v) is 6.83. The van der Waals surface area contributed by atoms with Crippen molar-refractivity contribution in [3.05, 3.63) is 99.7 Å². The van der Waals surface area contributed by atoms with Crippen LogP contribution in [0.5, 0.6) is 11.5 Å². The fourth-order valence-electron chi connectivity index (χ4n) is 3.82. The first-order valence-electron chi connectivity index (χ1n) is 12.1. The van der Waals surface area contributed by atoms with Gasteiger partial charge >= 0.3 is 0 Å². The van der Waals surface area contributed by atoms with Crippen molar-refractivity contribution in [2.45, 2.75) is 13.5 Å². The van der Waals surface area contributed by atoms with E-state index in [1.165, 1.54) is 11.0 Å². The highest BCUT2D eigenvalue weighted by atomic mass is 35.5. The van der Waals surface area contributed by atoms with Crippen molar-refractivity contribution in [3.63, 3.8) is 0 Å². The fraction of sp³-hybridized carbons (Fsp3) is 0.167. The zero-order chi connectivity index (χ0) is 27.9. The highest BCUT2D eigenvalue weighted by Gasteiger charge is 2.19. The summed E-state index contributed by atoms with van der Waals surface area (Å²) in [6.07, 6.45) is 3.02. The number of carbonyl (C=O) groups is 2. The normalized spacial score (nSPS) is 10.7. The van der Waals surface area contributed by atoms with Gasteiger partial charge in [-0.1, -0.05) is 53.5 Å². The Hall–Kier alpha value is -3.78. The number of benzene rings is 3. The number of para-hydroxylation sites is 1. The predicted octanol–water partition coefficient (Wildman–Crippen LogP) is 6.65. The van der Waals surface area contributed by atoms with Crippen LogP contribution in [0, 0.1) is 6.92 Å². The van der Waals surface area contributed by atoms with E-state index >= 15 is 0 Å². The summed E-state index contributed by atoms with van der Waals surface area (Å²) < 4.78 is 11.2. The Morgan fingerprint density at radius 3 is 2.50 bits per heavy atom. The maximum absolute atomic E-state index is 12.8. The summed E-state index contributed by atoms with van der Waals surface area (Å²) in [4.78, 5) is 31.0. The van der Waals surface area contributed by atoms with E-state index in [9.17, 15) is 9.59 Å². The average Bonchev–Trinajstić information content (AvgIpc) is 2.94. The number of aryl methyl sites for hydroxylation is 1. The largest absolute Gasteiger partial charge is 0.497 e. The molecule has 1 heterocycles. The zero-order valence-corrected chi connectivity index (χ0v) is 24.4. The van der Waals surface area contributed by atoms with Gasteiger partial charge in [0, 0.05) is 34.8 Å². The SMILES string of the molecule is COc1ccc(/C=C/C(=O)NCC(=O)N(C)c2ccc(Cl)c(COc3cccc4ccc(C)nc34)c2Cl)cc1.Cl. The first kappa shape index (κ1) is 30.8. The Morgan fingerprint density at radius 2 is 1.77 bits per heavy atom. The number of ether oxygens (including phenoxy) is 2. The lowest BCUT2D eigenvalue weighted by molar-refractivity contribution is -0.122. The highest BCUT2D eigenvalue weighted by Crippen LogP contribution is 2.35. The van der Waals surface area contributed by atoms with Crippen LogP contribution in [0.1, 0.15) is 16.8 Å². The minimum absolute atomic E-state index is 0. The number of nitrogens with one attached hydrogen (secondary N) is 1. The van der Waals surface area contributed by atoms with Crippen LogP contribution in [0.15, 0.2) is 72.8 Å². The quantitative estimate of drug-likeness (QED) is 0.218. The molecular weight excluding hydrogens is 573 g/mol. The minimum Gasteiger partial charge on any atom is -0.497 e. The smallest absolute Gasteiger partial charge is 0.246 e. The molecule has 0 atom stereocenters. The van der Waals surface area contributed by atoms with Crippen molar-refractivity contribution in [1.29, 1.82) is 0 Å². The standard InChI is InChI=1S/C30H27Cl2N3O4.ClH/c1-19-7-11-21-5-4-6-26(30(21)34-19)39-18-23-24(31)14-15-25(29(23)32)35(2)28(37)17-33-27(36)16-10-20-8-12-22(38-3)13-9-20;/h4-16H,17-18H2,1-3H3,(H,33,36);1H/b16-10+;. The number of pyridine rings is 1. The monoisotopic (exact) mass is 599 g/mol. The number of fused-ring (bicyclic) bond motifs is 1. The number of methoxy groups -OCH3 is 1. The van der Waals surface area contributed by atoms with Crippen molar-refractivity contribution in [2.75, 3.05) is 25.6 Å². The molecule has 10 heteroatoms. The molecule has 1 aromatic heterocycles. The number of aromatic nitrogens is 1.